The number of rotatable bonds is 8. The molecule has 1 amide bonds. The van der Waals surface area contributed by atoms with Gasteiger partial charge in [0.15, 0.2) is 22.9 Å². The number of para-hydroxylation sites is 1. The van der Waals surface area contributed by atoms with Gasteiger partial charge in [0.2, 0.25) is 5.78 Å². The lowest BCUT2D eigenvalue weighted by molar-refractivity contribution is -0.117. The minimum absolute atomic E-state index is 0.000378. The molecule has 1 unspecified atom stereocenters. The first-order valence-electron chi connectivity index (χ1n) is 12.2. The number of ether oxygens (including phenoxy) is 2. The molecule has 0 bridgehead atoms. The quantitative estimate of drug-likeness (QED) is 0.303. The number of hydrogen-bond acceptors (Lipinski definition) is 7. The first-order valence-corrected chi connectivity index (χ1v) is 12.2. The Bertz CT molecular complexity index is 1530. The molecule has 194 valence electrons. The Kier molecular flexibility index (Phi) is 6.55. The fourth-order valence-electron chi connectivity index (χ4n) is 4.69. The molecule has 2 heterocycles. The molecule has 0 spiro atoms. The van der Waals surface area contributed by atoms with Crippen LogP contribution in [0.2, 0.25) is 0 Å². The highest BCUT2D eigenvalue weighted by Crippen LogP contribution is 2.43. The van der Waals surface area contributed by atoms with Crippen molar-refractivity contribution in [3.63, 3.8) is 0 Å². The average molecular weight is 513 g/mol. The molecule has 1 aliphatic rings. The molecule has 8 nitrogen and oxygen atoms in total. The Balaban J connectivity index is 1.62. The van der Waals surface area contributed by atoms with Crippen LogP contribution in [0.1, 0.15) is 29.1 Å². The third-order valence-electron chi connectivity index (χ3n) is 6.56. The molecule has 0 radical (unpaired) electrons. The third kappa shape index (κ3) is 4.24. The van der Waals surface area contributed by atoms with E-state index in [1.54, 1.807) is 60.7 Å². The fourth-order valence-corrected chi connectivity index (χ4v) is 4.69. The molecule has 4 aromatic rings. The van der Waals surface area contributed by atoms with Crippen LogP contribution in [-0.4, -0.2) is 44.6 Å². The Morgan fingerprint density at radius 3 is 2.39 bits per heavy atom. The van der Waals surface area contributed by atoms with Crippen molar-refractivity contribution in [2.45, 2.75) is 13.0 Å². The van der Waals surface area contributed by atoms with Crippen molar-refractivity contribution in [3.05, 3.63) is 95.5 Å². The topological polar surface area (TPSA) is 92.4 Å². The highest BCUT2D eigenvalue weighted by atomic mass is 16.5. The van der Waals surface area contributed by atoms with Gasteiger partial charge in [-0.15, -0.1) is 0 Å². The van der Waals surface area contributed by atoms with Gasteiger partial charge in [0.05, 0.1) is 25.3 Å². The fraction of sp³-hybridized carbons (Fsp3) is 0.200. The van der Waals surface area contributed by atoms with E-state index in [1.165, 1.54) is 12.0 Å². The van der Waals surface area contributed by atoms with Gasteiger partial charge in [-0.3, -0.25) is 14.5 Å². The van der Waals surface area contributed by atoms with E-state index in [9.17, 15) is 14.7 Å². The average Bonchev–Trinajstić information content (AvgIpc) is 3.48. The van der Waals surface area contributed by atoms with Gasteiger partial charge in [-0.05, 0) is 61.0 Å². The van der Waals surface area contributed by atoms with Crippen molar-refractivity contribution in [3.8, 4) is 11.5 Å². The van der Waals surface area contributed by atoms with E-state index >= 15 is 0 Å². The van der Waals surface area contributed by atoms with E-state index in [0.717, 1.165) is 5.69 Å². The maximum atomic E-state index is 13.9. The first-order chi connectivity index (χ1) is 18.3. The van der Waals surface area contributed by atoms with Crippen LogP contribution < -0.4 is 19.3 Å². The lowest BCUT2D eigenvalue weighted by Gasteiger charge is -2.27. The third-order valence-corrected chi connectivity index (χ3v) is 6.56. The largest absolute Gasteiger partial charge is 0.503 e. The maximum absolute atomic E-state index is 13.9. The summed E-state index contributed by atoms with van der Waals surface area (Å²) in [6.45, 7) is 2.40. The van der Waals surface area contributed by atoms with Crippen LogP contribution in [0.3, 0.4) is 0 Å². The zero-order valence-corrected chi connectivity index (χ0v) is 21.6. The number of nitrogens with zero attached hydrogens (tertiary/aromatic N) is 2. The Morgan fingerprint density at radius 2 is 1.76 bits per heavy atom. The van der Waals surface area contributed by atoms with Crippen LogP contribution in [0.5, 0.6) is 11.5 Å². The van der Waals surface area contributed by atoms with Gasteiger partial charge in [0.1, 0.15) is 5.75 Å². The Labute approximate surface area is 220 Å². The van der Waals surface area contributed by atoms with Crippen LogP contribution in [0, 0.1) is 0 Å². The number of methoxy groups -OCH3 is 1. The Hall–Kier alpha value is -4.72. The summed E-state index contributed by atoms with van der Waals surface area (Å²) in [6.07, 6.45) is 0. The van der Waals surface area contributed by atoms with Crippen LogP contribution in [-0.2, 0) is 4.79 Å². The number of benzene rings is 3. The molecule has 3 aromatic carbocycles. The van der Waals surface area contributed by atoms with Crippen molar-refractivity contribution in [2.75, 3.05) is 37.6 Å². The summed E-state index contributed by atoms with van der Waals surface area (Å²) in [7, 11) is 5.36. The number of furan rings is 1. The predicted molar refractivity (Wildman–Crippen MR) is 145 cm³/mol. The van der Waals surface area contributed by atoms with Gasteiger partial charge >= 0.3 is 0 Å². The number of ketones is 1. The molecule has 0 saturated heterocycles. The van der Waals surface area contributed by atoms with Gasteiger partial charge in [-0.25, -0.2) is 0 Å². The summed E-state index contributed by atoms with van der Waals surface area (Å²) in [4.78, 5) is 30.7. The van der Waals surface area contributed by atoms with Crippen LogP contribution in [0.4, 0.5) is 11.4 Å². The van der Waals surface area contributed by atoms with Gasteiger partial charge in [0.25, 0.3) is 5.91 Å². The van der Waals surface area contributed by atoms with Crippen molar-refractivity contribution < 1.29 is 28.6 Å². The number of aliphatic hydroxyl groups is 1. The lowest BCUT2D eigenvalue weighted by Crippen LogP contribution is -2.31. The molecule has 5 rings (SSSR count). The van der Waals surface area contributed by atoms with Gasteiger partial charge in [-0.2, -0.15) is 0 Å². The van der Waals surface area contributed by atoms with Crippen molar-refractivity contribution in [2.24, 2.45) is 0 Å². The summed E-state index contributed by atoms with van der Waals surface area (Å²) in [6, 6.07) is 20.5. The van der Waals surface area contributed by atoms with Gasteiger partial charge in [-0.1, -0.05) is 24.3 Å². The maximum Gasteiger partial charge on any atom is 0.294 e. The molecule has 1 N–H and O–H groups in total. The SMILES string of the molecule is CCOc1ccc(C2C(C(=O)c3cc4cccc(OC)c4o3)=C(O)C(=O)N2c2ccc(N(C)C)cc2)cc1. The molecule has 8 heteroatoms. The summed E-state index contributed by atoms with van der Waals surface area (Å²) in [5.41, 5.74) is 2.48. The minimum atomic E-state index is -0.883. The van der Waals surface area contributed by atoms with E-state index in [4.69, 9.17) is 13.9 Å². The number of carbonyl (C=O) groups is 2. The van der Waals surface area contributed by atoms with E-state index in [0.29, 0.717) is 40.3 Å². The van der Waals surface area contributed by atoms with E-state index in [2.05, 4.69) is 0 Å². The molecule has 1 aliphatic heterocycles. The van der Waals surface area contributed by atoms with Crippen LogP contribution in [0.25, 0.3) is 11.0 Å². The number of fused-ring (bicyclic) bond motifs is 1. The van der Waals surface area contributed by atoms with Crippen molar-refractivity contribution >= 4 is 34.0 Å². The number of Topliss-reactive ketones (excluding diaryl/α,β-unsaturated/α-hetero) is 1. The number of amides is 1. The van der Waals surface area contributed by atoms with Crippen molar-refractivity contribution in [1.82, 2.24) is 0 Å². The normalized spacial score (nSPS) is 15.3. The zero-order valence-electron chi connectivity index (χ0n) is 21.6. The highest BCUT2D eigenvalue weighted by Gasteiger charge is 2.45. The summed E-state index contributed by atoms with van der Waals surface area (Å²) in [5, 5.41) is 11.8. The molecule has 0 fully saturated rings. The molecule has 1 aromatic heterocycles. The summed E-state index contributed by atoms with van der Waals surface area (Å²) in [5.74, 6) is -0.725. The first kappa shape index (κ1) is 25.0. The van der Waals surface area contributed by atoms with Gasteiger partial charge in [0, 0.05) is 30.9 Å². The van der Waals surface area contributed by atoms with E-state index < -0.39 is 23.5 Å². The molecule has 38 heavy (non-hydrogen) atoms. The van der Waals surface area contributed by atoms with Crippen LogP contribution in [0.15, 0.2) is 88.5 Å². The highest BCUT2D eigenvalue weighted by molar-refractivity contribution is 6.20. The standard InChI is InChI=1S/C30H28N2O6/c1-5-37-22-15-9-18(10-16-22)26-25(27(33)24-17-19-7-6-8-23(36-4)29(19)38-24)28(34)30(35)32(26)21-13-11-20(12-14-21)31(2)3/h6-17,26,34H,5H2,1-4H3. The number of carbonyl (C=O) groups excluding carboxylic acids is 2. The molecular formula is C30H28N2O6. The monoisotopic (exact) mass is 512 g/mol. The molecule has 1 atom stereocenters. The second-order valence-electron chi connectivity index (χ2n) is 9.07. The molecular weight excluding hydrogens is 484 g/mol. The second kappa shape index (κ2) is 9.97. The second-order valence-corrected chi connectivity index (χ2v) is 9.07. The molecule has 0 saturated carbocycles. The van der Waals surface area contributed by atoms with E-state index in [1.807, 2.05) is 38.1 Å². The lowest BCUT2D eigenvalue weighted by atomic mass is 9.94. The molecule has 0 aliphatic carbocycles. The zero-order chi connectivity index (χ0) is 27.0. The van der Waals surface area contributed by atoms with Crippen molar-refractivity contribution in [1.29, 1.82) is 0 Å². The van der Waals surface area contributed by atoms with E-state index in [-0.39, 0.29) is 11.3 Å². The number of aliphatic hydroxyl groups excluding tert-OH is 1. The predicted octanol–water partition coefficient (Wildman–Crippen LogP) is 5.69. The summed E-state index contributed by atoms with van der Waals surface area (Å²) < 4.78 is 16.8. The Morgan fingerprint density at radius 1 is 1.05 bits per heavy atom. The van der Waals surface area contributed by atoms with Gasteiger partial charge < -0.3 is 23.9 Å². The van der Waals surface area contributed by atoms with Crippen LogP contribution >= 0.6 is 0 Å². The number of anilines is 2. The smallest absolute Gasteiger partial charge is 0.294 e. The number of hydrogen-bond donors (Lipinski definition) is 1. The minimum Gasteiger partial charge on any atom is -0.503 e. The summed E-state index contributed by atoms with van der Waals surface area (Å²) >= 11 is 0.